The van der Waals surface area contributed by atoms with E-state index in [4.69, 9.17) is 5.73 Å². The number of carbonyl (C=O) groups is 2. The van der Waals surface area contributed by atoms with Gasteiger partial charge in [-0.1, -0.05) is 24.3 Å². The molecule has 1 aliphatic rings. The molecule has 0 radical (unpaired) electrons. The summed E-state index contributed by atoms with van der Waals surface area (Å²) >= 11 is 0. The van der Waals surface area contributed by atoms with Gasteiger partial charge < -0.3 is 16.0 Å². The van der Waals surface area contributed by atoms with Crippen molar-refractivity contribution in [2.75, 3.05) is 43.8 Å². The van der Waals surface area contributed by atoms with Crippen LogP contribution in [0.2, 0.25) is 0 Å². The number of nitrogens with zero attached hydrogens (tertiary/aromatic N) is 2. The average Bonchev–Trinajstić information content (AvgIpc) is 2.68. The summed E-state index contributed by atoms with van der Waals surface area (Å²) in [6.07, 6.45) is 0.382. The number of amides is 2. The van der Waals surface area contributed by atoms with Gasteiger partial charge in [0.15, 0.2) is 0 Å². The van der Waals surface area contributed by atoms with Crippen LogP contribution in [0.5, 0.6) is 0 Å². The molecule has 148 valence electrons. The number of aryl methyl sites for hydroxylation is 1. The predicted octanol–water partition coefficient (Wildman–Crippen LogP) is 2.21. The number of hydrogen-bond donors (Lipinski definition) is 2. The van der Waals surface area contributed by atoms with Gasteiger partial charge in [0.2, 0.25) is 11.8 Å². The molecule has 2 amide bonds. The largest absolute Gasteiger partial charge is 0.399 e. The first-order valence-corrected chi connectivity index (χ1v) is 9.63. The second-order valence-corrected chi connectivity index (χ2v) is 7.37. The number of piperazine rings is 1. The van der Waals surface area contributed by atoms with E-state index in [1.165, 1.54) is 0 Å². The van der Waals surface area contributed by atoms with Crippen molar-refractivity contribution in [3.8, 4) is 0 Å². The molecule has 3 N–H and O–H groups in total. The predicted molar refractivity (Wildman–Crippen MR) is 112 cm³/mol. The molecule has 0 aromatic heterocycles. The van der Waals surface area contributed by atoms with Gasteiger partial charge in [-0.05, 0) is 48.7 Å². The van der Waals surface area contributed by atoms with Crippen molar-refractivity contribution in [3.63, 3.8) is 0 Å². The minimum absolute atomic E-state index is 0.0182. The topological polar surface area (TPSA) is 78.7 Å². The van der Waals surface area contributed by atoms with Crippen LogP contribution in [0.1, 0.15) is 16.7 Å². The quantitative estimate of drug-likeness (QED) is 0.780. The maximum absolute atomic E-state index is 12.5. The number of anilines is 2. The smallest absolute Gasteiger partial charge is 0.238 e. The maximum atomic E-state index is 12.5. The molecule has 1 aliphatic heterocycles. The van der Waals surface area contributed by atoms with Crippen LogP contribution in [-0.4, -0.2) is 54.3 Å². The molecule has 0 unspecified atom stereocenters. The Labute approximate surface area is 166 Å². The second kappa shape index (κ2) is 8.89. The minimum atomic E-state index is -0.0182. The van der Waals surface area contributed by atoms with E-state index < -0.39 is 0 Å². The first kappa shape index (κ1) is 19.9. The van der Waals surface area contributed by atoms with Gasteiger partial charge in [0.1, 0.15) is 0 Å². The Balaban J connectivity index is 1.45. The zero-order valence-electron chi connectivity index (χ0n) is 16.6. The molecular formula is C22H28N4O2. The van der Waals surface area contributed by atoms with E-state index >= 15 is 0 Å². The normalized spacial score (nSPS) is 14.7. The summed E-state index contributed by atoms with van der Waals surface area (Å²) < 4.78 is 0. The third-order valence-corrected chi connectivity index (χ3v) is 5.31. The van der Waals surface area contributed by atoms with E-state index in [9.17, 15) is 9.59 Å². The van der Waals surface area contributed by atoms with Crippen molar-refractivity contribution in [3.05, 3.63) is 59.2 Å². The summed E-state index contributed by atoms with van der Waals surface area (Å²) in [5.41, 5.74) is 10.5. The van der Waals surface area contributed by atoms with Gasteiger partial charge in [-0.15, -0.1) is 0 Å². The van der Waals surface area contributed by atoms with Crippen LogP contribution in [0.3, 0.4) is 0 Å². The van der Waals surface area contributed by atoms with Crippen molar-refractivity contribution < 1.29 is 9.59 Å². The molecule has 6 heteroatoms. The molecule has 6 nitrogen and oxygen atoms in total. The molecule has 2 aromatic carbocycles. The highest BCUT2D eigenvalue weighted by Gasteiger charge is 2.22. The number of nitrogens with two attached hydrogens (primary N) is 1. The average molecular weight is 380 g/mol. The second-order valence-electron chi connectivity index (χ2n) is 7.37. The monoisotopic (exact) mass is 380 g/mol. The molecular weight excluding hydrogens is 352 g/mol. The number of nitrogen functional groups attached to an aromatic ring is 1. The molecule has 0 spiro atoms. The summed E-state index contributed by atoms with van der Waals surface area (Å²) in [7, 11) is 0. The summed E-state index contributed by atoms with van der Waals surface area (Å²) in [6.45, 7) is 7.08. The van der Waals surface area contributed by atoms with Gasteiger partial charge >= 0.3 is 0 Å². The zero-order valence-corrected chi connectivity index (χ0v) is 16.6. The molecule has 3 rings (SSSR count). The molecule has 1 heterocycles. The molecule has 1 saturated heterocycles. The highest BCUT2D eigenvalue weighted by atomic mass is 16.2. The fraction of sp³-hybridized carbons (Fsp3) is 0.364. The van der Waals surface area contributed by atoms with E-state index in [1.54, 1.807) is 0 Å². The first-order chi connectivity index (χ1) is 13.4. The molecule has 2 aromatic rings. The van der Waals surface area contributed by atoms with Crippen molar-refractivity contribution in [2.24, 2.45) is 0 Å². The van der Waals surface area contributed by atoms with E-state index in [0.29, 0.717) is 44.8 Å². The lowest BCUT2D eigenvalue weighted by atomic mass is 10.1. The van der Waals surface area contributed by atoms with Crippen LogP contribution in [0.25, 0.3) is 0 Å². The lowest BCUT2D eigenvalue weighted by molar-refractivity contribution is -0.132. The summed E-state index contributed by atoms with van der Waals surface area (Å²) in [5, 5.41) is 3.00. The SMILES string of the molecule is Cc1cccc(NC(=O)CN2CCN(C(=O)Cc3ccc(N)cc3)CC2)c1C. The zero-order chi connectivity index (χ0) is 20.1. The fourth-order valence-electron chi connectivity index (χ4n) is 3.36. The lowest BCUT2D eigenvalue weighted by Crippen LogP contribution is -2.50. The van der Waals surface area contributed by atoms with E-state index in [-0.39, 0.29) is 11.8 Å². The fourth-order valence-corrected chi connectivity index (χ4v) is 3.36. The standard InChI is InChI=1S/C22H28N4O2/c1-16-4-3-5-20(17(16)2)24-21(27)15-25-10-12-26(13-11-25)22(28)14-18-6-8-19(23)9-7-18/h3-9H,10-15,23H2,1-2H3,(H,24,27). The molecule has 0 saturated carbocycles. The highest BCUT2D eigenvalue weighted by Crippen LogP contribution is 2.18. The van der Waals surface area contributed by atoms with Crippen molar-refractivity contribution in [1.82, 2.24) is 9.80 Å². The molecule has 0 bridgehead atoms. The van der Waals surface area contributed by atoms with Crippen LogP contribution >= 0.6 is 0 Å². The molecule has 0 atom stereocenters. The van der Waals surface area contributed by atoms with Crippen LogP contribution in [0, 0.1) is 13.8 Å². The Hall–Kier alpha value is -2.86. The Morgan fingerprint density at radius 2 is 1.68 bits per heavy atom. The van der Waals surface area contributed by atoms with E-state index in [0.717, 1.165) is 22.4 Å². The summed E-state index contributed by atoms with van der Waals surface area (Å²) in [5.74, 6) is 0.0969. The van der Waals surface area contributed by atoms with Gasteiger partial charge in [-0.25, -0.2) is 0 Å². The highest BCUT2D eigenvalue weighted by molar-refractivity contribution is 5.93. The Morgan fingerprint density at radius 1 is 1.00 bits per heavy atom. The van der Waals surface area contributed by atoms with Gasteiger partial charge in [0.05, 0.1) is 13.0 Å². The maximum Gasteiger partial charge on any atom is 0.238 e. The number of nitrogens with one attached hydrogen (secondary N) is 1. The van der Waals surface area contributed by atoms with Crippen LogP contribution in [-0.2, 0) is 16.0 Å². The molecule has 1 fully saturated rings. The number of rotatable bonds is 5. The first-order valence-electron chi connectivity index (χ1n) is 9.63. The lowest BCUT2D eigenvalue weighted by Gasteiger charge is -2.34. The van der Waals surface area contributed by atoms with Gasteiger partial charge in [-0.2, -0.15) is 0 Å². The van der Waals surface area contributed by atoms with Gasteiger partial charge in [-0.3, -0.25) is 14.5 Å². The van der Waals surface area contributed by atoms with E-state index in [1.807, 2.05) is 61.2 Å². The van der Waals surface area contributed by atoms with Gasteiger partial charge in [0, 0.05) is 37.6 Å². The van der Waals surface area contributed by atoms with E-state index in [2.05, 4.69) is 10.2 Å². The minimum Gasteiger partial charge on any atom is -0.399 e. The summed E-state index contributed by atoms with van der Waals surface area (Å²) in [4.78, 5) is 28.8. The molecule has 28 heavy (non-hydrogen) atoms. The third-order valence-electron chi connectivity index (χ3n) is 5.31. The van der Waals surface area contributed by atoms with Crippen LogP contribution < -0.4 is 11.1 Å². The third kappa shape index (κ3) is 5.10. The number of benzene rings is 2. The number of carbonyl (C=O) groups excluding carboxylic acids is 2. The number of hydrogen-bond acceptors (Lipinski definition) is 4. The van der Waals surface area contributed by atoms with Crippen LogP contribution in [0.15, 0.2) is 42.5 Å². The Bertz CT molecular complexity index is 840. The van der Waals surface area contributed by atoms with Gasteiger partial charge in [0.25, 0.3) is 0 Å². The molecule has 0 aliphatic carbocycles. The Kier molecular flexibility index (Phi) is 6.31. The van der Waals surface area contributed by atoms with Crippen molar-refractivity contribution in [1.29, 1.82) is 0 Å². The van der Waals surface area contributed by atoms with Crippen molar-refractivity contribution in [2.45, 2.75) is 20.3 Å². The van der Waals surface area contributed by atoms with Crippen LogP contribution in [0.4, 0.5) is 11.4 Å². The summed E-state index contributed by atoms with van der Waals surface area (Å²) in [6, 6.07) is 13.3. The van der Waals surface area contributed by atoms with Crippen molar-refractivity contribution >= 4 is 23.2 Å². The Morgan fingerprint density at radius 3 is 2.36 bits per heavy atom.